The summed E-state index contributed by atoms with van der Waals surface area (Å²) in [6.07, 6.45) is 4.90. The van der Waals surface area contributed by atoms with E-state index in [4.69, 9.17) is 4.74 Å². The molecule has 1 aromatic carbocycles. The van der Waals surface area contributed by atoms with Crippen LogP contribution >= 0.6 is 0 Å². The van der Waals surface area contributed by atoms with Crippen molar-refractivity contribution in [1.82, 2.24) is 14.9 Å². The number of ether oxygens (including phenoxy) is 1. The Morgan fingerprint density at radius 3 is 2.86 bits per heavy atom. The number of nitrogens with zero attached hydrogens (tertiary/aromatic N) is 2. The van der Waals surface area contributed by atoms with Crippen LogP contribution in [0.5, 0.6) is 5.88 Å². The lowest BCUT2D eigenvalue weighted by Gasteiger charge is -2.06. The van der Waals surface area contributed by atoms with E-state index < -0.39 is 0 Å². The van der Waals surface area contributed by atoms with Gasteiger partial charge in [-0.3, -0.25) is 0 Å². The van der Waals surface area contributed by atoms with E-state index in [0.29, 0.717) is 12.5 Å². The molecule has 0 spiro atoms. The van der Waals surface area contributed by atoms with Crippen LogP contribution in [0.1, 0.15) is 12.0 Å². The van der Waals surface area contributed by atoms with Gasteiger partial charge in [0.25, 0.3) is 0 Å². The molecule has 1 N–H and O–H groups in total. The highest BCUT2D eigenvalue weighted by Crippen LogP contribution is 2.19. The van der Waals surface area contributed by atoms with Gasteiger partial charge in [-0.15, -0.1) is 0 Å². The van der Waals surface area contributed by atoms with E-state index in [2.05, 4.69) is 52.4 Å². The number of hydrogen-bond acceptors (Lipinski definition) is 3. The summed E-state index contributed by atoms with van der Waals surface area (Å²) < 4.78 is 7.75. The summed E-state index contributed by atoms with van der Waals surface area (Å²) in [6, 6.07) is 14.2. The first-order valence-electron chi connectivity index (χ1n) is 7.62. The Morgan fingerprint density at radius 2 is 2.00 bits per heavy atom. The summed E-state index contributed by atoms with van der Waals surface area (Å²) in [5.41, 5.74) is 2.61. The molecule has 2 aromatic heterocycles. The highest BCUT2D eigenvalue weighted by atomic mass is 16.5. The molecule has 0 unspecified atom stereocenters. The van der Waals surface area contributed by atoms with Gasteiger partial charge in [0, 0.05) is 43.0 Å². The molecule has 22 heavy (non-hydrogen) atoms. The molecule has 0 saturated carbocycles. The van der Waals surface area contributed by atoms with Gasteiger partial charge in [-0.2, -0.15) is 0 Å². The van der Waals surface area contributed by atoms with Gasteiger partial charge < -0.3 is 14.6 Å². The highest BCUT2D eigenvalue weighted by Gasteiger charge is 2.04. The molecule has 0 radical (unpaired) electrons. The predicted octanol–water partition coefficient (Wildman–Crippen LogP) is 3.13. The second kappa shape index (κ2) is 7.09. The SMILES string of the molecule is Cn1cc(CNCCCOc2ccccn2)c2ccccc21. The molecule has 0 amide bonds. The maximum absolute atomic E-state index is 5.58. The van der Waals surface area contributed by atoms with Gasteiger partial charge in [-0.1, -0.05) is 24.3 Å². The largest absolute Gasteiger partial charge is 0.478 e. The van der Waals surface area contributed by atoms with E-state index in [0.717, 1.165) is 19.5 Å². The molecule has 0 bridgehead atoms. The summed E-state index contributed by atoms with van der Waals surface area (Å²) in [5, 5.41) is 4.80. The van der Waals surface area contributed by atoms with Gasteiger partial charge in [-0.05, 0) is 30.7 Å². The van der Waals surface area contributed by atoms with E-state index in [1.54, 1.807) is 6.20 Å². The van der Waals surface area contributed by atoms with Crippen molar-refractivity contribution in [3.8, 4) is 5.88 Å². The van der Waals surface area contributed by atoms with Crippen molar-refractivity contribution in [2.24, 2.45) is 7.05 Å². The van der Waals surface area contributed by atoms with E-state index >= 15 is 0 Å². The number of nitrogens with one attached hydrogen (secondary N) is 1. The van der Waals surface area contributed by atoms with Crippen molar-refractivity contribution in [3.63, 3.8) is 0 Å². The number of para-hydroxylation sites is 1. The summed E-state index contributed by atoms with van der Waals surface area (Å²) in [4.78, 5) is 4.14. The average Bonchev–Trinajstić information content (AvgIpc) is 2.88. The molecule has 0 saturated heterocycles. The van der Waals surface area contributed by atoms with Crippen LogP contribution in [0.15, 0.2) is 54.9 Å². The zero-order chi connectivity index (χ0) is 15.2. The minimum atomic E-state index is 0.680. The zero-order valence-electron chi connectivity index (χ0n) is 12.8. The number of rotatable bonds is 7. The Bertz CT molecular complexity index is 722. The van der Waals surface area contributed by atoms with Crippen molar-refractivity contribution >= 4 is 10.9 Å². The molecule has 0 aliphatic carbocycles. The summed E-state index contributed by atoms with van der Waals surface area (Å²) in [5.74, 6) is 0.691. The fraction of sp³-hybridized carbons (Fsp3) is 0.278. The molecule has 0 aliphatic rings. The lowest BCUT2D eigenvalue weighted by atomic mass is 10.2. The van der Waals surface area contributed by atoms with Crippen molar-refractivity contribution < 1.29 is 4.74 Å². The predicted molar refractivity (Wildman–Crippen MR) is 89.0 cm³/mol. The quantitative estimate of drug-likeness (QED) is 0.681. The van der Waals surface area contributed by atoms with E-state index in [9.17, 15) is 0 Å². The number of aromatic nitrogens is 2. The first-order chi connectivity index (χ1) is 10.8. The number of pyridine rings is 1. The van der Waals surface area contributed by atoms with Crippen LogP contribution in [0.25, 0.3) is 10.9 Å². The second-order valence-electron chi connectivity index (χ2n) is 5.33. The molecule has 0 fully saturated rings. The Kier molecular flexibility index (Phi) is 4.71. The van der Waals surface area contributed by atoms with Gasteiger partial charge in [0.05, 0.1) is 6.61 Å². The Labute approximate surface area is 130 Å². The Morgan fingerprint density at radius 1 is 1.14 bits per heavy atom. The van der Waals surface area contributed by atoms with Gasteiger partial charge in [0.2, 0.25) is 5.88 Å². The zero-order valence-corrected chi connectivity index (χ0v) is 12.8. The molecule has 4 nitrogen and oxygen atoms in total. The summed E-state index contributed by atoms with van der Waals surface area (Å²) >= 11 is 0. The lowest BCUT2D eigenvalue weighted by molar-refractivity contribution is 0.296. The van der Waals surface area contributed by atoms with Crippen LogP contribution < -0.4 is 10.1 Å². The molecular formula is C18H21N3O. The third-order valence-corrected chi connectivity index (χ3v) is 3.68. The Hall–Kier alpha value is -2.33. The fourth-order valence-electron chi connectivity index (χ4n) is 2.60. The number of benzene rings is 1. The number of fused-ring (bicyclic) bond motifs is 1. The van der Waals surface area contributed by atoms with E-state index in [1.165, 1.54) is 16.5 Å². The molecule has 0 aliphatic heterocycles. The molecular weight excluding hydrogens is 274 g/mol. The minimum Gasteiger partial charge on any atom is -0.478 e. The van der Waals surface area contributed by atoms with Crippen molar-refractivity contribution in [3.05, 3.63) is 60.4 Å². The molecule has 4 heteroatoms. The van der Waals surface area contributed by atoms with Crippen molar-refractivity contribution in [1.29, 1.82) is 0 Å². The normalized spacial score (nSPS) is 11.0. The van der Waals surface area contributed by atoms with E-state index in [1.807, 2.05) is 18.2 Å². The van der Waals surface area contributed by atoms with Crippen LogP contribution in [0, 0.1) is 0 Å². The maximum atomic E-state index is 5.58. The van der Waals surface area contributed by atoms with Gasteiger partial charge >= 0.3 is 0 Å². The Balaban J connectivity index is 1.43. The number of hydrogen-bond donors (Lipinski definition) is 1. The van der Waals surface area contributed by atoms with Crippen LogP contribution in [-0.4, -0.2) is 22.7 Å². The molecule has 0 atom stereocenters. The smallest absolute Gasteiger partial charge is 0.213 e. The van der Waals surface area contributed by atoms with Gasteiger partial charge in [0.15, 0.2) is 0 Å². The van der Waals surface area contributed by atoms with Crippen LogP contribution in [0.3, 0.4) is 0 Å². The third-order valence-electron chi connectivity index (χ3n) is 3.68. The average molecular weight is 295 g/mol. The topological polar surface area (TPSA) is 39.1 Å². The van der Waals surface area contributed by atoms with Crippen LogP contribution in [0.4, 0.5) is 0 Å². The first-order valence-corrected chi connectivity index (χ1v) is 7.62. The number of aryl methyl sites for hydroxylation is 1. The molecule has 3 aromatic rings. The molecule has 3 rings (SSSR count). The second-order valence-corrected chi connectivity index (χ2v) is 5.33. The van der Waals surface area contributed by atoms with Gasteiger partial charge in [0.1, 0.15) is 0 Å². The lowest BCUT2D eigenvalue weighted by Crippen LogP contribution is -2.17. The monoisotopic (exact) mass is 295 g/mol. The first kappa shape index (κ1) is 14.6. The highest BCUT2D eigenvalue weighted by molar-refractivity contribution is 5.83. The standard InChI is InChI=1S/C18H21N3O/c1-21-14-15(16-7-2-3-8-17(16)21)13-19-10-6-12-22-18-9-4-5-11-20-18/h2-5,7-9,11,14,19H,6,10,12-13H2,1H3. The van der Waals surface area contributed by atoms with Crippen molar-refractivity contribution in [2.45, 2.75) is 13.0 Å². The van der Waals surface area contributed by atoms with Crippen molar-refractivity contribution in [2.75, 3.05) is 13.2 Å². The van der Waals surface area contributed by atoms with E-state index in [-0.39, 0.29) is 0 Å². The van der Waals surface area contributed by atoms with Crippen LogP contribution in [0.2, 0.25) is 0 Å². The minimum absolute atomic E-state index is 0.680. The summed E-state index contributed by atoms with van der Waals surface area (Å²) in [6.45, 7) is 2.49. The molecule has 2 heterocycles. The fourth-order valence-corrected chi connectivity index (χ4v) is 2.60. The maximum Gasteiger partial charge on any atom is 0.213 e. The van der Waals surface area contributed by atoms with Crippen LogP contribution in [-0.2, 0) is 13.6 Å². The third kappa shape index (κ3) is 3.46. The summed E-state index contributed by atoms with van der Waals surface area (Å²) in [7, 11) is 2.09. The van der Waals surface area contributed by atoms with Gasteiger partial charge in [-0.25, -0.2) is 4.98 Å². The molecule has 114 valence electrons.